The first-order valence-electron chi connectivity index (χ1n) is 6.87. The van der Waals surface area contributed by atoms with Crippen LogP contribution in [-0.2, 0) is 6.54 Å². The van der Waals surface area contributed by atoms with Gasteiger partial charge >= 0.3 is 0 Å². The highest BCUT2D eigenvalue weighted by Crippen LogP contribution is 2.37. The van der Waals surface area contributed by atoms with Gasteiger partial charge in [0.1, 0.15) is 0 Å². The van der Waals surface area contributed by atoms with Crippen molar-refractivity contribution in [1.29, 1.82) is 0 Å². The molecule has 1 saturated carbocycles. The Morgan fingerprint density at radius 2 is 1.68 bits per heavy atom. The lowest BCUT2D eigenvalue weighted by Gasteiger charge is -2.25. The topological polar surface area (TPSA) is 26.0 Å². The van der Waals surface area contributed by atoms with E-state index in [4.69, 9.17) is 17.3 Å². The van der Waals surface area contributed by atoms with Crippen molar-refractivity contribution in [2.24, 2.45) is 5.73 Å². The highest BCUT2D eigenvalue weighted by Gasteiger charge is 2.18. The molecule has 1 fully saturated rings. The first-order chi connectivity index (χ1) is 9.28. The zero-order valence-corrected chi connectivity index (χ0v) is 11.7. The molecule has 0 atom stereocenters. The van der Waals surface area contributed by atoms with Crippen molar-refractivity contribution in [3.63, 3.8) is 0 Å². The zero-order valence-electron chi connectivity index (χ0n) is 10.9. The van der Waals surface area contributed by atoms with Gasteiger partial charge in [0.15, 0.2) is 0 Å². The Kier molecular flexibility index (Phi) is 3.58. The molecule has 98 valence electrons. The molecule has 2 heteroatoms. The molecule has 0 heterocycles. The number of rotatable bonds is 3. The maximum atomic E-state index is 6.21. The lowest BCUT2D eigenvalue weighted by molar-refractivity contribution is 0.420. The van der Waals surface area contributed by atoms with Crippen molar-refractivity contribution in [3.05, 3.63) is 58.6 Å². The number of hydrogen-bond donors (Lipinski definition) is 1. The number of benzene rings is 2. The highest BCUT2D eigenvalue weighted by atomic mass is 35.5. The number of nitrogens with two attached hydrogens (primary N) is 1. The van der Waals surface area contributed by atoms with E-state index < -0.39 is 0 Å². The minimum atomic E-state index is 0.486. The summed E-state index contributed by atoms with van der Waals surface area (Å²) in [4.78, 5) is 0. The van der Waals surface area contributed by atoms with Gasteiger partial charge < -0.3 is 5.73 Å². The largest absolute Gasteiger partial charge is 0.326 e. The molecule has 0 unspecified atom stereocenters. The maximum Gasteiger partial charge on any atom is 0.0457 e. The third kappa shape index (κ3) is 2.54. The van der Waals surface area contributed by atoms with Gasteiger partial charge in [-0.1, -0.05) is 54.4 Å². The van der Waals surface area contributed by atoms with Crippen molar-refractivity contribution >= 4 is 11.6 Å². The first-order valence-corrected chi connectivity index (χ1v) is 7.24. The summed E-state index contributed by atoms with van der Waals surface area (Å²) in [5.41, 5.74) is 10.5. The van der Waals surface area contributed by atoms with Gasteiger partial charge in [0.25, 0.3) is 0 Å². The predicted octanol–water partition coefficient (Wildman–Crippen LogP) is 4.73. The summed E-state index contributed by atoms with van der Waals surface area (Å²) in [7, 11) is 0. The van der Waals surface area contributed by atoms with Crippen molar-refractivity contribution in [3.8, 4) is 11.1 Å². The van der Waals surface area contributed by atoms with Gasteiger partial charge in [-0.15, -0.1) is 0 Å². The van der Waals surface area contributed by atoms with Crippen LogP contribution in [0, 0.1) is 0 Å². The molecule has 1 aliphatic carbocycles. The van der Waals surface area contributed by atoms with E-state index in [0.29, 0.717) is 6.54 Å². The Balaban J connectivity index is 1.87. The molecule has 0 saturated heterocycles. The van der Waals surface area contributed by atoms with Gasteiger partial charge in [-0.3, -0.25) is 0 Å². The third-order valence-electron chi connectivity index (χ3n) is 4.09. The van der Waals surface area contributed by atoms with Gasteiger partial charge in [-0.2, -0.15) is 0 Å². The quantitative estimate of drug-likeness (QED) is 0.858. The predicted molar refractivity (Wildman–Crippen MR) is 81.4 cm³/mol. The highest BCUT2D eigenvalue weighted by molar-refractivity contribution is 6.31. The summed E-state index contributed by atoms with van der Waals surface area (Å²) in [5, 5.41) is 0.753. The van der Waals surface area contributed by atoms with E-state index in [1.807, 2.05) is 12.1 Å². The van der Waals surface area contributed by atoms with Crippen LogP contribution in [0.3, 0.4) is 0 Å². The van der Waals surface area contributed by atoms with Crippen LogP contribution in [0.15, 0.2) is 42.5 Å². The molecule has 1 nitrogen and oxygen atoms in total. The van der Waals surface area contributed by atoms with E-state index in [-0.39, 0.29) is 0 Å². The van der Waals surface area contributed by atoms with Crippen LogP contribution in [0.4, 0.5) is 0 Å². The SMILES string of the molecule is NCc1ccc(-c2ccc(C3CCC3)cc2)cc1Cl. The summed E-state index contributed by atoms with van der Waals surface area (Å²) in [6.07, 6.45) is 4.06. The molecule has 1 aliphatic rings. The van der Waals surface area contributed by atoms with Crippen LogP contribution >= 0.6 is 11.6 Å². The summed E-state index contributed by atoms with van der Waals surface area (Å²) in [6, 6.07) is 15.0. The van der Waals surface area contributed by atoms with Crippen molar-refractivity contribution in [2.75, 3.05) is 0 Å². The minimum absolute atomic E-state index is 0.486. The standard InChI is InChI=1S/C17H18ClN/c18-17-10-15(8-9-16(17)11-19)14-6-4-13(5-7-14)12-2-1-3-12/h4-10,12H,1-3,11,19H2. The normalized spacial score (nSPS) is 15.3. The van der Waals surface area contributed by atoms with E-state index in [0.717, 1.165) is 22.1 Å². The fourth-order valence-electron chi connectivity index (χ4n) is 2.58. The molecule has 3 rings (SSSR count). The second-order valence-electron chi connectivity index (χ2n) is 5.26. The van der Waals surface area contributed by atoms with Crippen molar-refractivity contribution in [1.82, 2.24) is 0 Å². The van der Waals surface area contributed by atoms with Crippen LogP contribution in [0.25, 0.3) is 11.1 Å². The summed E-state index contributed by atoms with van der Waals surface area (Å²) >= 11 is 6.21. The summed E-state index contributed by atoms with van der Waals surface area (Å²) in [5.74, 6) is 0.789. The minimum Gasteiger partial charge on any atom is -0.326 e. The Hall–Kier alpha value is -1.31. The molecule has 2 aromatic rings. The smallest absolute Gasteiger partial charge is 0.0457 e. The van der Waals surface area contributed by atoms with E-state index in [9.17, 15) is 0 Å². The zero-order chi connectivity index (χ0) is 13.2. The molecule has 0 aliphatic heterocycles. The van der Waals surface area contributed by atoms with Gasteiger partial charge in [0.2, 0.25) is 0 Å². The number of halogens is 1. The fraction of sp³-hybridized carbons (Fsp3) is 0.294. The molecule has 0 bridgehead atoms. The third-order valence-corrected chi connectivity index (χ3v) is 4.45. The molecule has 0 spiro atoms. The van der Waals surface area contributed by atoms with Crippen LogP contribution < -0.4 is 5.73 Å². The lowest BCUT2D eigenvalue weighted by atomic mass is 9.80. The molecule has 2 N–H and O–H groups in total. The van der Waals surface area contributed by atoms with Crippen LogP contribution in [0.1, 0.15) is 36.3 Å². The molecule has 19 heavy (non-hydrogen) atoms. The molecule has 0 amide bonds. The van der Waals surface area contributed by atoms with E-state index in [1.54, 1.807) is 0 Å². The molecule has 2 aromatic carbocycles. The maximum absolute atomic E-state index is 6.21. The molecular formula is C17H18ClN. The van der Waals surface area contributed by atoms with Crippen LogP contribution in [0.5, 0.6) is 0 Å². The van der Waals surface area contributed by atoms with Crippen molar-refractivity contribution in [2.45, 2.75) is 31.7 Å². The first kappa shape index (κ1) is 12.7. The molecular weight excluding hydrogens is 254 g/mol. The van der Waals surface area contributed by atoms with Gasteiger partial charge in [0, 0.05) is 11.6 Å². The Morgan fingerprint density at radius 1 is 1.00 bits per heavy atom. The Bertz CT molecular complexity index is 570. The Labute approximate surface area is 119 Å². The number of hydrogen-bond acceptors (Lipinski definition) is 1. The van der Waals surface area contributed by atoms with E-state index >= 15 is 0 Å². The van der Waals surface area contributed by atoms with Gasteiger partial charge in [-0.25, -0.2) is 0 Å². The van der Waals surface area contributed by atoms with Crippen LogP contribution in [-0.4, -0.2) is 0 Å². The molecule has 0 radical (unpaired) electrons. The van der Waals surface area contributed by atoms with Gasteiger partial charge in [-0.05, 0) is 47.1 Å². The second-order valence-corrected chi connectivity index (χ2v) is 5.67. The fourth-order valence-corrected chi connectivity index (χ4v) is 2.84. The Morgan fingerprint density at radius 3 is 2.21 bits per heavy atom. The van der Waals surface area contributed by atoms with Crippen molar-refractivity contribution < 1.29 is 0 Å². The summed E-state index contributed by atoms with van der Waals surface area (Å²) < 4.78 is 0. The summed E-state index contributed by atoms with van der Waals surface area (Å²) in [6.45, 7) is 0.486. The van der Waals surface area contributed by atoms with Crippen LogP contribution in [0.2, 0.25) is 5.02 Å². The second kappa shape index (κ2) is 5.36. The van der Waals surface area contributed by atoms with Gasteiger partial charge in [0.05, 0.1) is 0 Å². The molecule has 0 aromatic heterocycles. The average molecular weight is 272 g/mol. The van der Waals surface area contributed by atoms with E-state index in [1.165, 1.54) is 30.4 Å². The van der Waals surface area contributed by atoms with E-state index in [2.05, 4.69) is 30.3 Å². The average Bonchev–Trinajstić information content (AvgIpc) is 2.37. The lowest BCUT2D eigenvalue weighted by Crippen LogP contribution is -2.08. The monoisotopic (exact) mass is 271 g/mol.